The lowest BCUT2D eigenvalue weighted by Gasteiger charge is -1.52. The highest BCUT2D eigenvalue weighted by molar-refractivity contribution is 6.13. The van der Waals surface area contributed by atoms with Crippen LogP contribution < -0.4 is 0 Å². The number of hydrogen-bond donors (Lipinski definition) is 2. The molecule has 0 bridgehead atoms. The van der Waals surface area contributed by atoms with Gasteiger partial charge in [0.2, 0.25) is 0 Å². The molecule has 0 unspecified atom stereocenters. The monoisotopic (exact) mass is 92.0 g/mol. The predicted molar refractivity (Wildman–Crippen MR) is 18.7 cm³/mol. The first-order valence-corrected chi connectivity index (χ1v) is 1.90. The van der Waals surface area contributed by atoms with E-state index in [1.807, 2.05) is 0 Å². The van der Waals surface area contributed by atoms with Gasteiger partial charge in [-0.1, -0.05) is 0 Å². The van der Waals surface area contributed by atoms with Crippen molar-refractivity contribution in [3.05, 3.63) is 0 Å². The Kier molecular flexibility index (Phi) is 22.4. The van der Waals surface area contributed by atoms with Crippen LogP contribution >= 0.6 is 0 Å². The summed E-state index contributed by atoms with van der Waals surface area (Å²) in [5.74, 6) is 0. The maximum atomic E-state index is 7.26. The third-order valence-corrected chi connectivity index (χ3v) is 0. The zero-order chi connectivity index (χ0) is 2.71. The fourth-order valence-electron chi connectivity index (χ4n) is 0. The summed E-state index contributed by atoms with van der Waals surface area (Å²) in [6, 6.07) is 0. The van der Waals surface area contributed by atoms with Crippen LogP contribution in [0.3, 0.4) is 0 Å². The van der Waals surface area contributed by atoms with E-state index in [9.17, 15) is 0 Å². The average molecular weight is 92.2 g/mol. The summed E-state index contributed by atoms with van der Waals surface area (Å²) >= 11 is 0. The Labute approximate surface area is 31.6 Å². The molecule has 0 saturated heterocycles. The van der Waals surface area contributed by atoms with Crippen LogP contribution in [0.1, 0.15) is 0 Å². The van der Waals surface area contributed by atoms with Gasteiger partial charge in [0, 0.05) is 11.0 Å². The molecule has 0 aromatic carbocycles. The molecule has 24 valence electrons. The van der Waals surface area contributed by atoms with Crippen molar-refractivity contribution < 1.29 is 9.59 Å². The van der Waals surface area contributed by atoms with Gasteiger partial charge in [-0.15, -0.1) is 0 Å². The second-order valence-electron chi connectivity index (χ2n) is 0.141. The summed E-state index contributed by atoms with van der Waals surface area (Å²) in [6.45, 7) is 0. The number of rotatable bonds is 0. The van der Waals surface area contributed by atoms with Gasteiger partial charge in [0.25, 0.3) is 10.0 Å². The van der Waals surface area contributed by atoms with Crippen molar-refractivity contribution in [3.8, 4) is 0 Å². The molecule has 4 heteroatoms. The number of hydrogen-bond acceptors (Lipinski definition) is 2. The molecule has 0 saturated carbocycles. The van der Waals surface area contributed by atoms with Crippen LogP contribution in [0, 0.1) is 0 Å². The van der Waals surface area contributed by atoms with Crippen LogP contribution in [0.4, 0.5) is 0 Å². The Balaban J connectivity index is 0. The molecule has 0 heterocycles. The first kappa shape index (κ1) is 8.84. The van der Waals surface area contributed by atoms with Crippen molar-refractivity contribution in [2.75, 3.05) is 0 Å². The minimum absolute atomic E-state index is 0. The van der Waals surface area contributed by atoms with Crippen LogP contribution in [0.2, 0.25) is 0 Å². The molecule has 0 aliphatic carbocycles. The SMILES string of the molecule is O[SiH2]O.[Si]. The molecule has 0 amide bonds. The van der Waals surface area contributed by atoms with Gasteiger partial charge in [0.15, 0.2) is 0 Å². The second kappa shape index (κ2) is 10.1. The third kappa shape index (κ3) is 34.5. The average Bonchev–Trinajstić information content (AvgIpc) is 0.918. The van der Waals surface area contributed by atoms with Crippen molar-refractivity contribution in [1.29, 1.82) is 0 Å². The van der Waals surface area contributed by atoms with Crippen molar-refractivity contribution in [2.24, 2.45) is 0 Å². The molecule has 2 nitrogen and oxygen atoms in total. The molecule has 4 radical (unpaired) electrons. The maximum absolute atomic E-state index is 7.26. The van der Waals surface area contributed by atoms with Gasteiger partial charge in [-0.3, -0.25) is 0 Å². The molecule has 0 fully saturated rings. The summed E-state index contributed by atoms with van der Waals surface area (Å²) in [5, 5.41) is 0. The van der Waals surface area contributed by atoms with E-state index in [0.717, 1.165) is 0 Å². The first-order valence-electron chi connectivity index (χ1n) is 0.632. The highest BCUT2D eigenvalue weighted by Gasteiger charge is 1.40. The summed E-state index contributed by atoms with van der Waals surface area (Å²) in [6.07, 6.45) is 0. The zero-order valence-corrected chi connectivity index (χ0v) is 4.52. The summed E-state index contributed by atoms with van der Waals surface area (Å²) in [4.78, 5) is 14.5. The van der Waals surface area contributed by atoms with E-state index in [4.69, 9.17) is 9.59 Å². The van der Waals surface area contributed by atoms with Gasteiger partial charge >= 0.3 is 0 Å². The largest absolute Gasteiger partial charge is 0.415 e. The van der Waals surface area contributed by atoms with Gasteiger partial charge < -0.3 is 9.59 Å². The molecule has 0 atom stereocenters. The minimum Gasteiger partial charge on any atom is -0.415 e. The lowest BCUT2D eigenvalue weighted by atomic mass is 15.8. The summed E-state index contributed by atoms with van der Waals surface area (Å²) in [5.41, 5.74) is 0. The van der Waals surface area contributed by atoms with Crippen molar-refractivity contribution in [2.45, 2.75) is 0 Å². The fourth-order valence-corrected chi connectivity index (χ4v) is 0. The smallest absolute Gasteiger partial charge is 0.299 e. The van der Waals surface area contributed by atoms with Crippen molar-refractivity contribution in [3.63, 3.8) is 0 Å². The Morgan fingerprint density at radius 1 is 1.25 bits per heavy atom. The van der Waals surface area contributed by atoms with Crippen molar-refractivity contribution >= 4 is 21.0 Å². The second-order valence-corrected chi connectivity index (χ2v) is 0.424. The Morgan fingerprint density at radius 2 is 1.25 bits per heavy atom. The quantitative estimate of drug-likeness (QED) is 0.327. The Bertz CT molecular complexity index is 4.00. The van der Waals surface area contributed by atoms with E-state index in [2.05, 4.69) is 0 Å². The molecular weight excluding hydrogens is 88.2 g/mol. The van der Waals surface area contributed by atoms with Crippen LogP contribution in [0.25, 0.3) is 0 Å². The van der Waals surface area contributed by atoms with Gasteiger partial charge in [-0.05, 0) is 0 Å². The topological polar surface area (TPSA) is 40.5 Å². The van der Waals surface area contributed by atoms with Gasteiger partial charge in [-0.2, -0.15) is 0 Å². The van der Waals surface area contributed by atoms with E-state index in [0.29, 0.717) is 0 Å². The lowest BCUT2D eigenvalue weighted by molar-refractivity contribution is 0.448. The summed E-state index contributed by atoms with van der Waals surface area (Å²) in [7, 11) is -1.58. The van der Waals surface area contributed by atoms with Crippen LogP contribution in [0.5, 0.6) is 0 Å². The fraction of sp³-hybridized carbons (Fsp3) is 0. The molecule has 0 rings (SSSR count). The Hall–Kier alpha value is 0.354. The van der Waals surface area contributed by atoms with Crippen LogP contribution in [0.15, 0.2) is 0 Å². The summed E-state index contributed by atoms with van der Waals surface area (Å²) < 4.78 is 0. The van der Waals surface area contributed by atoms with Crippen LogP contribution in [-0.2, 0) is 0 Å². The van der Waals surface area contributed by atoms with E-state index in [1.54, 1.807) is 0 Å². The predicted octanol–water partition coefficient (Wildman–Crippen LogP) is -2.41. The van der Waals surface area contributed by atoms with Crippen molar-refractivity contribution in [1.82, 2.24) is 0 Å². The lowest BCUT2D eigenvalue weighted by Crippen LogP contribution is -1.75. The normalized spacial score (nSPS) is 4.50. The molecule has 4 heavy (non-hydrogen) atoms. The molecule has 0 aliphatic heterocycles. The van der Waals surface area contributed by atoms with E-state index < -0.39 is 10.0 Å². The Morgan fingerprint density at radius 3 is 1.25 bits per heavy atom. The molecule has 0 aliphatic rings. The van der Waals surface area contributed by atoms with Gasteiger partial charge in [0.05, 0.1) is 0 Å². The molecule has 0 aromatic heterocycles. The molecular formula is H4O2Si2. The zero-order valence-electron chi connectivity index (χ0n) is 2.10. The molecule has 0 aromatic rings. The van der Waals surface area contributed by atoms with E-state index in [1.165, 1.54) is 0 Å². The van der Waals surface area contributed by atoms with E-state index in [-0.39, 0.29) is 11.0 Å². The minimum atomic E-state index is -1.58. The maximum Gasteiger partial charge on any atom is 0.299 e. The highest BCUT2D eigenvalue weighted by Crippen LogP contribution is 1.08. The van der Waals surface area contributed by atoms with Gasteiger partial charge in [-0.25, -0.2) is 0 Å². The molecule has 2 N–H and O–H groups in total. The highest BCUT2D eigenvalue weighted by atomic mass is 28.2. The molecule has 0 spiro atoms. The van der Waals surface area contributed by atoms with Crippen LogP contribution in [-0.4, -0.2) is 30.6 Å². The third-order valence-electron chi connectivity index (χ3n) is 0. The first-order chi connectivity index (χ1) is 1.41. The van der Waals surface area contributed by atoms with E-state index >= 15 is 0 Å². The van der Waals surface area contributed by atoms with Gasteiger partial charge in [0.1, 0.15) is 0 Å². The standard InChI is InChI=1S/H4O2Si.Si/c1-3-2;/h1-2H,3H2;.